The Morgan fingerprint density at radius 3 is 0.914 bits per heavy atom. The van der Waals surface area contributed by atoms with Crippen molar-refractivity contribution < 1.29 is 65.7 Å². The van der Waals surface area contributed by atoms with Gasteiger partial charge in [-0.1, -0.05) is 331 Å². The third-order valence-electron chi connectivity index (χ3n) is 7.84. The number of azide groups is 2. The molecule has 0 spiro atoms. The minimum atomic E-state index is -3.24. The van der Waals surface area contributed by atoms with Gasteiger partial charge in [0.25, 0.3) is 10.1 Å². The number of halogens is 9. The Morgan fingerprint density at radius 2 is 0.800 bits per heavy atom. The molecule has 0 saturated carbocycles. The van der Waals surface area contributed by atoms with E-state index in [2.05, 4.69) is 394 Å². The van der Waals surface area contributed by atoms with Gasteiger partial charge >= 0.3 is 114 Å². The van der Waals surface area contributed by atoms with Crippen LogP contribution in [0.15, 0.2) is 35.5 Å². The zero-order valence-electron chi connectivity index (χ0n) is 67.1. The molecular formula is C78H190I9N7O7SV3-3. The topological polar surface area (TPSA) is 245 Å². The molecule has 0 rings (SSSR count). The average Bonchev–Trinajstić information content (AvgIpc) is 3.40. The Labute approximate surface area is 801 Å². The molecule has 5 N–H and O–H groups in total. The van der Waals surface area contributed by atoms with E-state index in [0.717, 1.165) is 76.4 Å². The van der Waals surface area contributed by atoms with Gasteiger partial charge in [0, 0.05) is 52.0 Å². The second-order valence-electron chi connectivity index (χ2n) is 27.3. The van der Waals surface area contributed by atoms with Crippen LogP contribution in [-0.2, 0) is 52.0 Å². The molecule has 0 aromatic rings. The molecule has 0 atom stereocenters. The molecule has 0 amide bonds. The largest absolute Gasteiger partial charge is 0 e. The number of allylic oxidation sites excluding steroid dienone is 1. The van der Waals surface area contributed by atoms with Crippen LogP contribution in [0.3, 0.4) is 0 Å². The predicted molar refractivity (Wildman–Crippen MR) is 567 cm³/mol. The Kier molecular flexibility index (Phi) is 262. The quantitative estimate of drug-likeness (QED) is 0.0105. The molecule has 0 aliphatic carbocycles. The number of carbonyl (C=O) groups is 1. The van der Waals surface area contributed by atoms with Crippen molar-refractivity contribution >= 4 is 206 Å². The summed E-state index contributed by atoms with van der Waals surface area (Å²) in [4.78, 5) is 14.4. The number of nitrogens with zero attached hydrogens (tertiary/aromatic N) is 6. The van der Waals surface area contributed by atoms with E-state index in [9.17, 15) is 18.3 Å². The first-order valence-corrected chi connectivity index (χ1v) is 62.0. The summed E-state index contributed by atoms with van der Waals surface area (Å²) in [5.41, 5.74) is 21.9. The van der Waals surface area contributed by atoms with Crippen LogP contribution in [0.2, 0.25) is 0 Å². The number of nitrogens with two attached hydrogens (primary N) is 1. The zero-order chi connectivity index (χ0) is 80.8. The van der Waals surface area contributed by atoms with Crippen molar-refractivity contribution in [2.24, 2.45) is 43.0 Å². The van der Waals surface area contributed by atoms with Gasteiger partial charge in [-0.05, 0) is 181 Å². The number of aliphatic hydroxyl groups is 3. The van der Waals surface area contributed by atoms with Crippen LogP contribution in [0.25, 0.3) is 20.9 Å². The molecule has 27 heteroatoms. The van der Waals surface area contributed by atoms with Crippen LogP contribution in [0.1, 0.15) is 371 Å². The summed E-state index contributed by atoms with van der Waals surface area (Å²) in [5, 5.41) is 33.4. The van der Waals surface area contributed by atoms with Gasteiger partial charge < -0.3 is 46.6 Å². The third kappa shape index (κ3) is 514. The van der Waals surface area contributed by atoms with E-state index < -0.39 is 21.3 Å². The normalized spacial score (nSPS) is 9.05. The summed E-state index contributed by atoms with van der Waals surface area (Å²) in [6.07, 6.45) is 20.1. The molecule has 105 heavy (non-hydrogen) atoms. The average molecular weight is 2670 g/mol. The summed E-state index contributed by atoms with van der Waals surface area (Å²) in [7, 11) is -2.61. The number of aliphatic hydroxyl groups excluding tert-OH is 1. The van der Waals surface area contributed by atoms with E-state index in [1.807, 2.05) is 6.08 Å². The summed E-state index contributed by atoms with van der Waals surface area (Å²) < 4.78 is 28.6. The Morgan fingerprint density at radius 1 is 0.581 bits per heavy atom. The smallest absolute Gasteiger partial charge is 0 e. The van der Waals surface area contributed by atoms with Crippen LogP contribution < -0.4 is 5.73 Å². The number of hydrogen-bond acceptors (Lipinski definition) is 10. The standard InChI is InChI=1S/C8H18O3S.C7H15N3.C7H17N.C7H16O.C7H14.C6H13N3O.C6H12O.C3H6I2.2C3H7I.C3H6O.C3H8.3C2H5.9CH4.5HI.3V/c1-8(2,3)6-5-7-11-12(4,9)10;1-7(2,3)5-4-6-9-10-8;2*1-7(2,3)5-4-6-8;1-5-6-7(2,3)4;1-6(2,10)4-3-5-8-9-7;1-4-5-6(2,3)7;1-2-3(4)5;1-3(2)4;1-2-3-4;1-3(2)4;1-3-2;3*1-2;;;;;;;;;;;;;;;;;/h5-7H2,1-4H3;4-6H2,1-3H3;4-6,8H2,1-3H3;8H,4-6H2,1-3H3;5H,1,6H2,2-4H3;10H,3-5H2,1-2H3;4,7H,1,5H2,2-3H3;3H,2H2,1H3;3H,1-2H3;2-3H2,1H3;1-2H3;3H2,1-2H3;3*1H2,2H3;9*1H4;5*1H;;;/q;;;;;;;;;;;;3*-1;;;;;;;;;;;;;;;;+2;+3/p-5. The number of Topliss-reactive ketones (excluding diaryl/α,β-unsaturated/α-hetero) is 1. The molecule has 666 valence electrons. The van der Waals surface area contributed by atoms with Crippen LogP contribution >= 0.6 is 190 Å². The number of alkyl halides is 4. The van der Waals surface area contributed by atoms with Crippen molar-refractivity contribution in [3.8, 4) is 0 Å². The van der Waals surface area contributed by atoms with E-state index >= 15 is 0 Å². The van der Waals surface area contributed by atoms with Gasteiger partial charge in [0.2, 0.25) is 0 Å². The van der Waals surface area contributed by atoms with Gasteiger partial charge in [-0.3, -0.25) is 4.18 Å². The van der Waals surface area contributed by atoms with Crippen molar-refractivity contribution in [1.29, 1.82) is 0 Å². The Hall–Kier alpha value is 5.84. The minimum Gasteiger partial charge on any atom is 0 e. The second kappa shape index (κ2) is 145. The van der Waals surface area contributed by atoms with Crippen molar-refractivity contribution in [2.75, 3.05) is 43.5 Å². The molecule has 0 saturated heterocycles. The first-order chi connectivity index (χ1) is 42.8. The number of carbonyl (C=O) groups excluding carboxylic acids is 1. The van der Waals surface area contributed by atoms with Crippen LogP contribution in [0.4, 0.5) is 0 Å². The third-order valence-corrected chi connectivity index (χ3v) is 11.3. The van der Waals surface area contributed by atoms with Gasteiger partial charge in [-0.25, -0.2) is 0 Å². The fourth-order valence-corrected chi connectivity index (χ4v) is 4.61. The van der Waals surface area contributed by atoms with E-state index in [-0.39, 0.29) is 102 Å². The molecule has 0 aliphatic heterocycles. The van der Waals surface area contributed by atoms with Gasteiger partial charge in [0.15, 0.2) is 0 Å². The molecule has 0 unspecified atom stereocenters. The van der Waals surface area contributed by atoms with E-state index in [1.165, 1.54) is 44.0 Å². The first kappa shape index (κ1) is 190. The van der Waals surface area contributed by atoms with E-state index in [0.29, 0.717) is 70.3 Å². The summed E-state index contributed by atoms with van der Waals surface area (Å²) in [6, 6.07) is 0. The van der Waals surface area contributed by atoms with Crippen LogP contribution in [0, 0.1) is 47.8 Å². The molecule has 0 aliphatic rings. The fraction of sp³-hybridized carbons (Fsp3) is 0.897. The zero-order valence-corrected chi connectivity index (χ0v) is 91.5. The number of rotatable bonds is 20. The Bertz CT molecular complexity index is 1530. The van der Waals surface area contributed by atoms with Gasteiger partial charge in [0.1, 0.15) is 5.78 Å². The minimum absolute atomic E-state index is 0. The number of ketones is 1. The molecule has 0 fully saturated rings. The molecule has 0 heterocycles. The molecule has 1 radical (unpaired) electrons. The van der Waals surface area contributed by atoms with Crippen LogP contribution in [-0.4, -0.2) is 90.1 Å². The van der Waals surface area contributed by atoms with Gasteiger partial charge in [0.05, 0.1) is 26.0 Å². The second-order valence-corrected chi connectivity index (χ2v) is 85.0. The van der Waals surface area contributed by atoms with E-state index in [4.69, 9.17) is 27.0 Å². The fourth-order valence-electron chi connectivity index (χ4n) is 4.19. The maximum atomic E-state index is 10.5. The molecule has 14 nitrogen and oxygen atoms in total. The molecule has 0 aromatic carbocycles. The van der Waals surface area contributed by atoms with Crippen molar-refractivity contribution in [3.63, 3.8) is 0 Å². The summed E-state index contributed by atoms with van der Waals surface area (Å²) in [6.45, 7) is 80.4. The number of hydrogen-bond donors (Lipinski definition) is 4. The van der Waals surface area contributed by atoms with Crippen molar-refractivity contribution in [2.45, 2.75) is 388 Å². The molecular weight excluding hydrogens is 2470 g/mol. The van der Waals surface area contributed by atoms with Crippen molar-refractivity contribution in [1.82, 2.24) is 0 Å². The summed E-state index contributed by atoms with van der Waals surface area (Å²) in [5.74, 6) is 0.167. The van der Waals surface area contributed by atoms with Crippen LogP contribution in [0.5, 0.6) is 0 Å². The predicted octanol–water partition coefficient (Wildman–Crippen LogP) is 35.2. The van der Waals surface area contributed by atoms with Gasteiger partial charge in [-0.15, -0.1) is 13.2 Å². The summed E-state index contributed by atoms with van der Waals surface area (Å²) >= 11 is 21.6. The molecule has 0 bridgehead atoms. The maximum absolute atomic E-state index is 10.5. The SMILES string of the molecule is C.C.C.C.C.C.C.C.C.C=CCC(C)(C)C.C=CCC(C)(C)O.CC(C)(C)CCCN.CC(C)(C)CCCN=[N+]=[N-].CC(C)(C)CCCO.CC(C)(C)CCCOS(C)(=O)=O.CC(C)(O)CCCN=[N+]=[N-].CC(C)=O.CC(C)I.CCC.CCC(I)I.CCCI.[CH2-]C.[CH2-]C.[CH2-]C.[I][V]([I])[I].[I][V][I].[V]. The van der Waals surface area contributed by atoms with E-state index in [1.54, 1.807) is 54.5 Å². The van der Waals surface area contributed by atoms with Gasteiger partial charge in [-0.2, -0.15) is 29.2 Å². The first-order valence-electron chi connectivity index (χ1n) is 32.4. The Balaban J connectivity index is -0.0000000250. The maximum Gasteiger partial charge on any atom is 0 e. The van der Waals surface area contributed by atoms with Crippen molar-refractivity contribution in [3.05, 3.63) is 67.0 Å². The molecule has 0 aromatic heterocycles. The monoisotopic (exact) mass is 2660 g/mol.